The first-order chi connectivity index (χ1) is 16.0. The Balaban J connectivity index is 1.18. The van der Waals surface area contributed by atoms with Gasteiger partial charge in [0.15, 0.2) is 12.1 Å². The largest absolute Gasteiger partial charge is 0.377 e. The monoisotopic (exact) mass is 454 g/mol. The highest BCUT2D eigenvalue weighted by molar-refractivity contribution is 5.45. The maximum atomic E-state index is 11.7. The van der Waals surface area contributed by atoms with Crippen molar-refractivity contribution in [2.45, 2.75) is 95.2 Å². The molecule has 3 fully saturated rings. The summed E-state index contributed by atoms with van der Waals surface area (Å²) < 4.78 is 23.5. The van der Waals surface area contributed by atoms with Crippen molar-refractivity contribution in [2.75, 3.05) is 26.4 Å². The predicted octanol–water partition coefficient (Wildman–Crippen LogP) is 4.64. The zero-order chi connectivity index (χ0) is 22.5. The van der Waals surface area contributed by atoms with Gasteiger partial charge >= 0.3 is 0 Å². The van der Waals surface area contributed by atoms with E-state index in [-0.39, 0.29) is 17.5 Å². The van der Waals surface area contributed by atoms with Crippen LogP contribution in [-0.2, 0) is 18.9 Å². The predicted molar refractivity (Wildman–Crippen MR) is 124 cm³/mol. The van der Waals surface area contributed by atoms with Crippen LogP contribution >= 0.6 is 0 Å². The van der Waals surface area contributed by atoms with Gasteiger partial charge in [0.1, 0.15) is 12.2 Å². The summed E-state index contributed by atoms with van der Waals surface area (Å²) in [5.41, 5.74) is 3.58. The number of hydrogen-bond donors (Lipinski definition) is 1. The van der Waals surface area contributed by atoms with Crippen molar-refractivity contribution in [1.82, 2.24) is 0 Å². The summed E-state index contributed by atoms with van der Waals surface area (Å²) in [4.78, 5) is 0. The molecule has 1 unspecified atom stereocenters. The van der Waals surface area contributed by atoms with Crippen LogP contribution in [0.4, 0.5) is 0 Å². The lowest BCUT2D eigenvalue weighted by Crippen LogP contribution is -2.48. The van der Waals surface area contributed by atoms with Crippen molar-refractivity contribution in [3.8, 4) is 11.8 Å². The molecule has 2 saturated heterocycles. The van der Waals surface area contributed by atoms with Gasteiger partial charge in [-0.15, -0.1) is 0 Å². The smallest absolute Gasteiger partial charge is 0.172 e. The molecule has 0 radical (unpaired) electrons. The molecule has 6 aliphatic rings. The number of hydrogen-bond acceptors (Lipinski definition) is 5. The van der Waals surface area contributed by atoms with Gasteiger partial charge in [-0.25, -0.2) is 0 Å². The van der Waals surface area contributed by atoms with Gasteiger partial charge in [0.25, 0.3) is 0 Å². The maximum Gasteiger partial charge on any atom is 0.172 e. The average Bonchev–Trinajstić information content (AvgIpc) is 3.39. The van der Waals surface area contributed by atoms with E-state index in [0.717, 1.165) is 84.0 Å². The fourth-order valence-corrected chi connectivity index (χ4v) is 7.67. The molecule has 33 heavy (non-hydrogen) atoms. The van der Waals surface area contributed by atoms with Gasteiger partial charge in [-0.3, -0.25) is 0 Å². The van der Waals surface area contributed by atoms with Crippen molar-refractivity contribution < 1.29 is 24.1 Å². The molecule has 1 N–H and O–H groups in total. The standard InChI is InChI=1S/C28H38O5/c1-26-12-8-22-21-9-14-28(32-17-18-33-28)19-20(21)6-7-23(22)24(26)10-13-27(26,29)11-4-16-31-25-5-2-3-15-30-25/h8,23-25,29H,2-3,5-7,9-10,12-19H2,1H3/t23-,24-,25?,26+,27-/m1/s1. The third kappa shape index (κ3) is 3.74. The van der Waals surface area contributed by atoms with E-state index in [0.29, 0.717) is 18.4 Å². The van der Waals surface area contributed by atoms with E-state index in [1.165, 1.54) is 6.42 Å². The van der Waals surface area contributed by atoms with Crippen molar-refractivity contribution in [3.05, 3.63) is 22.8 Å². The lowest BCUT2D eigenvalue weighted by molar-refractivity contribution is -0.164. The Hall–Kier alpha value is -1.16. The lowest BCUT2D eigenvalue weighted by atomic mass is 9.56. The quantitative estimate of drug-likeness (QED) is 0.616. The fraction of sp³-hybridized carbons (Fsp3) is 0.786. The average molecular weight is 455 g/mol. The fourth-order valence-electron chi connectivity index (χ4n) is 7.67. The highest BCUT2D eigenvalue weighted by Crippen LogP contribution is 2.62. The SMILES string of the molecule is C[C@]12CC=C3C4=C(CC[C@H]3[C@H]1CC[C@]2(O)C#CCOC1CCCCO1)CC1(CC4)OCCO1. The first kappa shape index (κ1) is 22.3. The van der Waals surface area contributed by atoms with Gasteiger partial charge < -0.3 is 24.1 Å². The van der Waals surface area contributed by atoms with Crippen LogP contribution in [0.3, 0.4) is 0 Å². The minimum atomic E-state index is -0.937. The molecular formula is C28H38O5. The van der Waals surface area contributed by atoms with Crippen LogP contribution in [0, 0.1) is 29.1 Å². The van der Waals surface area contributed by atoms with Crippen molar-refractivity contribution in [1.29, 1.82) is 0 Å². The van der Waals surface area contributed by atoms with Crippen molar-refractivity contribution in [3.63, 3.8) is 0 Å². The minimum absolute atomic E-state index is 0.130. The first-order valence-electron chi connectivity index (χ1n) is 13.2. The van der Waals surface area contributed by atoms with Gasteiger partial charge in [0.2, 0.25) is 0 Å². The molecule has 0 aromatic heterocycles. The zero-order valence-corrected chi connectivity index (χ0v) is 20.0. The number of rotatable bonds is 2. The van der Waals surface area contributed by atoms with Gasteiger partial charge in [0.05, 0.1) is 13.2 Å². The highest BCUT2D eigenvalue weighted by atomic mass is 16.7. The minimum Gasteiger partial charge on any atom is -0.377 e. The van der Waals surface area contributed by atoms with Crippen LogP contribution in [0.1, 0.15) is 77.6 Å². The topological polar surface area (TPSA) is 57.2 Å². The van der Waals surface area contributed by atoms with Gasteiger partial charge in [-0.2, -0.15) is 0 Å². The summed E-state index contributed by atoms with van der Waals surface area (Å²) >= 11 is 0. The van der Waals surface area contributed by atoms with Crippen LogP contribution in [0.2, 0.25) is 0 Å². The van der Waals surface area contributed by atoms with E-state index < -0.39 is 5.60 Å². The maximum absolute atomic E-state index is 11.7. The number of fused-ring (bicyclic) bond motifs is 4. The van der Waals surface area contributed by atoms with Crippen molar-refractivity contribution >= 4 is 0 Å². The highest BCUT2D eigenvalue weighted by Gasteiger charge is 2.60. The lowest BCUT2D eigenvalue weighted by Gasteiger charge is -2.50. The molecule has 4 aliphatic carbocycles. The molecule has 5 atom stereocenters. The summed E-state index contributed by atoms with van der Waals surface area (Å²) in [6.45, 7) is 4.84. The normalized spacial score (nSPS) is 41.6. The Morgan fingerprint density at radius 2 is 1.97 bits per heavy atom. The summed E-state index contributed by atoms with van der Waals surface area (Å²) in [6, 6.07) is 0. The third-order valence-electron chi connectivity index (χ3n) is 9.57. The Bertz CT molecular complexity index is 897. The van der Waals surface area contributed by atoms with Crippen LogP contribution < -0.4 is 0 Å². The second-order valence-corrected chi connectivity index (χ2v) is 11.2. The second-order valence-electron chi connectivity index (χ2n) is 11.2. The number of ether oxygens (including phenoxy) is 4. The van der Waals surface area contributed by atoms with Crippen molar-refractivity contribution in [2.24, 2.45) is 17.3 Å². The number of aliphatic hydroxyl groups is 1. The Morgan fingerprint density at radius 1 is 1.09 bits per heavy atom. The van der Waals surface area contributed by atoms with Crippen LogP contribution in [0.25, 0.3) is 0 Å². The molecule has 180 valence electrons. The van der Waals surface area contributed by atoms with E-state index in [1.807, 2.05) is 0 Å². The molecule has 5 heteroatoms. The molecule has 0 aromatic carbocycles. The summed E-state index contributed by atoms with van der Waals surface area (Å²) in [7, 11) is 0. The molecule has 0 amide bonds. The third-order valence-corrected chi connectivity index (χ3v) is 9.57. The Labute approximate surface area is 197 Å². The molecule has 5 nitrogen and oxygen atoms in total. The summed E-state index contributed by atoms with van der Waals surface area (Å²) in [5, 5.41) is 11.7. The Kier molecular flexibility index (Phi) is 5.75. The number of allylic oxidation sites excluding steroid dienone is 3. The van der Waals surface area contributed by atoms with E-state index in [1.54, 1.807) is 16.7 Å². The molecule has 0 bridgehead atoms. The van der Waals surface area contributed by atoms with E-state index in [4.69, 9.17) is 18.9 Å². The molecule has 1 saturated carbocycles. The molecule has 0 aromatic rings. The van der Waals surface area contributed by atoms with Gasteiger partial charge in [0, 0.05) is 24.9 Å². The summed E-state index contributed by atoms with van der Waals surface area (Å²) in [6.07, 6.45) is 13.5. The Morgan fingerprint density at radius 3 is 2.79 bits per heavy atom. The van der Waals surface area contributed by atoms with E-state index in [2.05, 4.69) is 24.8 Å². The molecule has 2 heterocycles. The first-order valence-corrected chi connectivity index (χ1v) is 13.2. The zero-order valence-electron chi connectivity index (χ0n) is 20.0. The molecule has 6 rings (SSSR count). The van der Waals surface area contributed by atoms with E-state index in [9.17, 15) is 5.11 Å². The second kappa shape index (κ2) is 8.50. The molecule has 1 spiro atoms. The molecular weight excluding hydrogens is 416 g/mol. The summed E-state index contributed by atoms with van der Waals surface area (Å²) in [5.74, 6) is 7.12. The van der Waals surface area contributed by atoms with E-state index >= 15 is 0 Å². The van der Waals surface area contributed by atoms with Crippen LogP contribution in [0.15, 0.2) is 22.8 Å². The van der Waals surface area contributed by atoms with Gasteiger partial charge in [-0.05, 0) is 80.8 Å². The van der Waals surface area contributed by atoms with Gasteiger partial charge in [-0.1, -0.05) is 30.4 Å². The molecule has 2 aliphatic heterocycles. The van der Waals surface area contributed by atoms with Crippen LogP contribution in [0.5, 0.6) is 0 Å². The van der Waals surface area contributed by atoms with Crippen LogP contribution in [-0.4, -0.2) is 49.2 Å².